The zero-order chi connectivity index (χ0) is 15.0. The molecule has 0 atom stereocenters. The highest BCUT2D eigenvalue weighted by atomic mass is 16.4. The standard InChI is InChI=1S/C16H15N3O2/c1-10-7-14-15(8-11(10)2)19(18-17-14)9-12-3-5-13(6-4-12)16(20)21/h3-8H,9H2,1-2H3,(H,20,21). The van der Waals surface area contributed by atoms with E-state index in [2.05, 4.69) is 30.2 Å². The lowest BCUT2D eigenvalue weighted by Gasteiger charge is -2.05. The fraction of sp³-hybridized carbons (Fsp3) is 0.188. The first-order valence-corrected chi connectivity index (χ1v) is 6.67. The molecule has 1 N–H and O–H groups in total. The summed E-state index contributed by atoms with van der Waals surface area (Å²) in [6.07, 6.45) is 0. The fourth-order valence-corrected chi connectivity index (χ4v) is 2.27. The Balaban J connectivity index is 1.94. The van der Waals surface area contributed by atoms with Crippen LogP contribution in [-0.4, -0.2) is 26.1 Å². The Kier molecular flexibility index (Phi) is 3.17. The summed E-state index contributed by atoms with van der Waals surface area (Å²) in [5, 5.41) is 17.3. The van der Waals surface area contributed by atoms with E-state index in [-0.39, 0.29) is 5.56 Å². The number of carboxylic acid groups (broad SMARTS) is 1. The second-order valence-electron chi connectivity index (χ2n) is 5.17. The lowest BCUT2D eigenvalue weighted by atomic mass is 10.1. The molecule has 3 aromatic rings. The average molecular weight is 281 g/mol. The number of benzene rings is 2. The molecule has 0 aliphatic heterocycles. The number of carboxylic acids is 1. The van der Waals surface area contributed by atoms with Crippen molar-refractivity contribution in [2.75, 3.05) is 0 Å². The SMILES string of the molecule is Cc1cc2nnn(Cc3ccc(C(=O)O)cc3)c2cc1C. The van der Waals surface area contributed by atoms with Gasteiger partial charge in [-0.25, -0.2) is 9.48 Å². The topological polar surface area (TPSA) is 68.0 Å². The van der Waals surface area contributed by atoms with Crippen molar-refractivity contribution in [2.24, 2.45) is 0 Å². The molecule has 5 nitrogen and oxygen atoms in total. The van der Waals surface area contributed by atoms with Crippen LogP contribution in [0.3, 0.4) is 0 Å². The van der Waals surface area contributed by atoms with Crippen LogP contribution in [0.15, 0.2) is 36.4 Å². The molecular formula is C16H15N3O2. The lowest BCUT2D eigenvalue weighted by molar-refractivity contribution is 0.0697. The maximum absolute atomic E-state index is 10.8. The van der Waals surface area contributed by atoms with E-state index in [0.29, 0.717) is 6.54 Å². The van der Waals surface area contributed by atoms with Crippen LogP contribution in [0.5, 0.6) is 0 Å². The van der Waals surface area contributed by atoms with E-state index in [0.717, 1.165) is 16.6 Å². The summed E-state index contributed by atoms with van der Waals surface area (Å²) in [7, 11) is 0. The molecule has 0 saturated carbocycles. The summed E-state index contributed by atoms with van der Waals surface area (Å²) < 4.78 is 1.83. The summed E-state index contributed by atoms with van der Waals surface area (Å²) in [6.45, 7) is 4.69. The van der Waals surface area contributed by atoms with Crippen molar-refractivity contribution in [1.29, 1.82) is 0 Å². The van der Waals surface area contributed by atoms with Gasteiger partial charge in [0.2, 0.25) is 0 Å². The minimum Gasteiger partial charge on any atom is -0.478 e. The number of nitrogens with zero attached hydrogens (tertiary/aromatic N) is 3. The highest BCUT2D eigenvalue weighted by molar-refractivity contribution is 5.87. The summed E-state index contributed by atoms with van der Waals surface area (Å²) in [6, 6.07) is 10.9. The first-order chi connectivity index (χ1) is 10.0. The van der Waals surface area contributed by atoms with Gasteiger partial charge >= 0.3 is 5.97 Å². The van der Waals surface area contributed by atoms with Gasteiger partial charge in [-0.1, -0.05) is 17.3 Å². The van der Waals surface area contributed by atoms with Gasteiger partial charge in [-0.15, -0.1) is 5.10 Å². The largest absolute Gasteiger partial charge is 0.478 e. The molecule has 2 aromatic carbocycles. The minimum atomic E-state index is -0.918. The Bertz CT molecular complexity index is 819. The third-order valence-corrected chi connectivity index (χ3v) is 3.66. The first kappa shape index (κ1) is 13.3. The van der Waals surface area contributed by atoms with Crippen LogP contribution in [0, 0.1) is 13.8 Å². The molecular weight excluding hydrogens is 266 g/mol. The molecule has 0 aliphatic carbocycles. The second-order valence-corrected chi connectivity index (χ2v) is 5.17. The number of rotatable bonds is 3. The molecule has 0 spiro atoms. The van der Waals surface area contributed by atoms with Gasteiger partial charge in [0.25, 0.3) is 0 Å². The zero-order valence-corrected chi connectivity index (χ0v) is 11.9. The summed E-state index contributed by atoms with van der Waals surface area (Å²) in [5.74, 6) is -0.918. The molecule has 21 heavy (non-hydrogen) atoms. The summed E-state index contributed by atoms with van der Waals surface area (Å²) in [4.78, 5) is 10.8. The van der Waals surface area contributed by atoms with E-state index in [9.17, 15) is 4.79 Å². The smallest absolute Gasteiger partial charge is 0.335 e. The molecule has 0 radical (unpaired) electrons. The highest BCUT2D eigenvalue weighted by Gasteiger charge is 2.08. The van der Waals surface area contributed by atoms with Crippen LogP contribution in [0.2, 0.25) is 0 Å². The Morgan fingerprint density at radius 3 is 2.48 bits per heavy atom. The maximum Gasteiger partial charge on any atom is 0.335 e. The summed E-state index contributed by atoms with van der Waals surface area (Å²) in [5.41, 5.74) is 5.53. The normalized spacial score (nSPS) is 11.0. The van der Waals surface area contributed by atoms with Gasteiger partial charge in [0.15, 0.2) is 0 Å². The van der Waals surface area contributed by atoms with Gasteiger partial charge in [-0.3, -0.25) is 0 Å². The van der Waals surface area contributed by atoms with E-state index in [1.807, 2.05) is 10.7 Å². The lowest BCUT2D eigenvalue weighted by Crippen LogP contribution is -2.03. The second kappa shape index (κ2) is 5.01. The van der Waals surface area contributed by atoms with E-state index in [1.165, 1.54) is 11.1 Å². The van der Waals surface area contributed by atoms with Gasteiger partial charge in [-0.05, 0) is 54.8 Å². The van der Waals surface area contributed by atoms with Crippen LogP contribution in [0.25, 0.3) is 11.0 Å². The summed E-state index contributed by atoms with van der Waals surface area (Å²) >= 11 is 0. The fourth-order valence-electron chi connectivity index (χ4n) is 2.27. The third kappa shape index (κ3) is 2.50. The molecule has 0 bridgehead atoms. The van der Waals surface area contributed by atoms with Crippen molar-refractivity contribution in [3.05, 3.63) is 58.7 Å². The number of hydrogen-bond donors (Lipinski definition) is 1. The molecule has 0 saturated heterocycles. The van der Waals surface area contributed by atoms with Gasteiger partial charge in [0.1, 0.15) is 5.52 Å². The van der Waals surface area contributed by atoms with Crippen molar-refractivity contribution in [2.45, 2.75) is 20.4 Å². The number of carbonyl (C=O) groups is 1. The van der Waals surface area contributed by atoms with Gasteiger partial charge in [0, 0.05) is 0 Å². The van der Waals surface area contributed by atoms with E-state index in [1.54, 1.807) is 24.3 Å². The zero-order valence-electron chi connectivity index (χ0n) is 11.9. The van der Waals surface area contributed by atoms with Crippen LogP contribution < -0.4 is 0 Å². The molecule has 1 aromatic heterocycles. The number of aryl methyl sites for hydroxylation is 2. The predicted octanol–water partition coefficient (Wildman–Crippen LogP) is 2.79. The van der Waals surface area contributed by atoms with Crippen LogP contribution >= 0.6 is 0 Å². The van der Waals surface area contributed by atoms with Gasteiger partial charge in [-0.2, -0.15) is 0 Å². The predicted molar refractivity (Wildman–Crippen MR) is 79.5 cm³/mol. The van der Waals surface area contributed by atoms with Crippen LogP contribution in [0.1, 0.15) is 27.0 Å². The van der Waals surface area contributed by atoms with E-state index in [4.69, 9.17) is 5.11 Å². The molecule has 106 valence electrons. The molecule has 0 amide bonds. The van der Waals surface area contributed by atoms with Crippen LogP contribution in [0.4, 0.5) is 0 Å². The van der Waals surface area contributed by atoms with Crippen molar-refractivity contribution in [3.8, 4) is 0 Å². The van der Waals surface area contributed by atoms with Crippen molar-refractivity contribution in [3.63, 3.8) is 0 Å². The third-order valence-electron chi connectivity index (χ3n) is 3.66. The number of hydrogen-bond acceptors (Lipinski definition) is 3. The molecule has 3 rings (SSSR count). The van der Waals surface area contributed by atoms with E-state index < -0.39 is 5.97 Å². The molecule has 0 fully saturated rings. The molecule has 5 heteroatoms. The van der Waals surface area contributed by atoms with Crippen LogP contribution in [-0.2, 0) is 6.54 Å². The molecule has 0 unspecified atom stereocenters. The van der Waals surface area contributed by atoms with E-state index >= 15 is 0 Å². The number of aromatic nitrogens is 3. The Hall–Kier alpha value is -2.69. The number of aromatic carboxylic acids is 1. The minimum absolute atomic E-state index is 0.286. The molecule has 1 heterocycles. The Labute approximate surface area is 121 Å². The number of fused-ring (bicyclic) bond motifs is 1. The first-order valence-electron chi connectivity index (χ1n) is 6.67. The van der Waals surface area contributed by atoms with Gasteiger partial charge in [0.05, 0.1) is 17.6 Å². The van der Waals surface area contributed by atoms with Crippen molar-refractivity contribution < 1.29 is 9.90 Å². The Morgan fingerprint density at radius 1 is 1.14 bits per heavy atom. The highest BCUT2D eigenvalue weighted by Crippen LogP contribution is 2.18. The van der Waals surface area contributed by atoms with Gasteiger partial charge < -0.3 is 5.11 Å². The average Bonchev–Trinajstić information content (AvgIpc) is 2.82. The van der Waals surface area contributed by atoms with Crippen molar-refractivity contribution in [1.82, 2.24) is 15.0 Å². The van der Waals surface area contributed by atoms with Crippen molar-refractivity contribution >= 4 is 17.0 Å². The Morgan fingerprint density at radius 2 is 1.81 bits per heavy atom. The quantitative estimate of drug-likeness (QED) is 0.801. The molecule has 0 aliphatic rings. The monoisotopic (exact) mass is 281 g/mol. The maximum atomic E-state index is 10.8.